The Labute approximate surface area is 150 Å². The maximum atomic E-state index is 11.4. The summed E-state index contributed by atoms with van der Waals surface area (Å²) in [6.45, 7) is 0.564. The van der Waals surface area contributed by atoms with Crippen LogP contribution < -0.4 is 9.88 Å². The molecule has 0 saturated heterocycles. The lowest BCUT2D eigenvalue weighted by molar-refractivity contribution is 0.415. The van der Waals surface area contributed by atoms with Crippen LogP contribution in [-0.4, -0.2) is 25.1 Å². The molecule has 0 fully saturated rings. The molecule has 4 aromatic rings. The van der Waals surface area contributed by atoms with Crippen LogP contribution in [-0.2, 0) is 16.6 Å². The Bertz CT molecular complexity index is 1210. The van der Waals surface area contributed by atoms with E-state index < -0.39 is 10.0 Å². The van der Waals surface area contributed by atoms with Gasteiger partial charge in [-0.25, -0.2) is 18.5 Å². The highest BCUT2D eigenvalue weighted by molar-refractivity contribution is 7.89. The molecule has 0 radical (unpaired) electrons. The number of nitrogens with two attached hydrogens (primary N) is 1. The lowest BCUT2D eigenvalue weighted by atomic mass is 10.2. The highest BCUT2D eigenvalue weighted by atomic mass is 32.2. The normalized spacial score (nSPS) is 11.9. The van der Waals surface area contributed by atoms with Crippen LogP contribution in [0, 0.1) is 0 Å². The van der Waals surface area contributed by atoms with Crippen LogP contribution in [0.1, 0.15) is 5.56 Å². The van der Waals surface area contributed by atoms with Gasteiger partial charge in [0.25, 0.3) is 0 Å². The number of benzene rings is 2. The molecule has 6 nitrogen and oxygen atoms in total. The molecule has 2 aromatic carbocycles. The van der Waals surface area contributed by atoms with Gasteiger partial charge < -0.3 is 9.30 Å². The van der Waals surface area contributed by atoms with E-state index in [9.17, 15) is 8.42 Å². The summed E-state index contributed by atoms with van der Waals surface area (Å²) in [6.07, 6.45) is 1.76. The van der Waals surface area contributed by atoms with E-state index in [1.807, 2.05) is 30.3 Å². The number of aromatic nitrogens is 2. The van der Waals surface area contributed by atoms with E-state index in [1.54, 1.807) is 25.4 Å². The molecule has 0 aliphatic carbocycles. The van der Waals surface area contributed by atoms with Crippen molar-refractivity contribution in [3.63, 3.8) is 0 Å². The van der Waals surface area contributed by atoms with Crippen LogP contribution in [0.5, 0.6) is 5.75 Å². The van der Waals surface area contributed by atoms with Crippen molar-refractivity contribution < 1.29 is 13.2 Å². The molecule has 2 N–H and O–H groups in total. The van der Waals surface area contributed by atoms with Crippen LogP contribution >= 0.6 is 0 Å². The molecule has 0 amide bonds. The van der Waals surface area contributed by atoms with Gasteiger partial charge in [-0.3, -0.25) is 0 Å². The second-order valence-corrected chi connectivity index (χ2v) is 7.59. The maximum Gasteiger partial charge on any atom is 0.238 e. The van der Waals surface area contributed by atoms with Crippen LogP contribution in [0.25, 0.3) is 21.9 Å². The fourth-order valence-corrected chi connectivity index (χ4v) is 3.67. The van der Waals surface area contributed by atoms with Gasteiger partial charge in [0.1, 0.15) is 11.4 Å². The first-order chi connectivity index (χ1) is 12.5. The second-order valence-electron chi connectivity index (χ2n) is 6.03. The molecule has 2 aromatic heterocycles. The summed E-state index contributed by atoms with van der Waals surface area (Å²) < 4.78 is 30.3. The van der Waals surface area contributed by atoms with Crippen molar-refractivity contribution in [1.82, 2.24) is 9.55 Å². The molecular formula is C19H17N3O3S. The van der Waals surface area contributed by atoms with Crippen molar-refractivity contribution in [2.45, 2.75) is 11.4 Å². The minimum Gasteiger partial charge on any atom is -0.497 e. The third-order valence-corrected chi connectivity index (χ3v) is 5.35. The molecule has 0 bridgehead atoms. The van der Waals surface area contributed by atoms with Crippen molar-refractivity contribution in [2.24, 2.45) is 5.14 Å². The number of hydrogen-bond donors (Lipinski definition) is 1. The zero-order valence-electron chi connectivity index (χ0n) is 14.1. The van der Waals surface area contributed by atoms with Gasteiger partial charge in [-0.15, -0.1) is 0 Å². The molecule has 26 heavy (non-hydrogen) atoms. The van der Waals surface area contributed by atoms with E-state index >= 15 is 0 Å². The summed E-state index contributed by atoms with van der Waals surface area (Å²) in [4.78, 5) is 4.64. The third kappa shape index (κ3) is 2.81. The minimum absolute atomic E-state index is 0.103. The average molecular weight is 367 g/mol. The fraction of sp³-hybridized carbons (Fsp3) is 0.105. The quantitative estimate of drug-likeness (QED) is 0.601. The Hall–Kier alpha value is -2.90. The van der Waals surface area contributed by atoms with Gasteiger partial charge in [0.05, 0.1) is 17.5 Å². The number of primary sulfonamides is 1. The molecule has 0 unspecified atom stereocenters. The van der Waals surface area contributed by atoms with Gasteiger partial charge in [-0.1, -0.05) is 12.1 Å². The van der Waals surface area contributed by atoms with Crippen LogP contribution in [0.2, 0.25) is 0 Å². The minimum atomic E-state index is -3.69. The number of hydrogen-bond acceptors (Lipinski definition) is 4. The van der Waals surface area contributed by atoms with E-state index in [4.69, 9.17) is 9.88 Å². The molecule has 4 rings (SSSR count). The number of fused-ring (bicyclic) bond motifs is 3. The summed E-state index contributed by atoms with van der Waals surface area (Å²) in [5, 5.41) is 7.27. The summed E-state index contributed by atoms with van der Waals surface area (Å²) in [5.74, 6) is 0.790. The average Bonchev–Trinajstić information content (AvgIpc) is 2.95. The predicted octanol–water partition coefficient (Wildman–Crippen LogP) is 2.89. The molecule has 0 spiro atoms. The van der Waals surface area contributed by atoms with Crippen LogP contribution in [0.15, 0.2) is 65.7 Å². The third-order valence-electron chi connectivity index (χ3n) is 4.42. The number of sulfonamides is 1. The molecule has 0 aliphatic heterocycles. The zero-order chi connectivity index (χ0) is 18.3. The topological polar surface area (TPSA) is 87.2 Å². The molecule has 132 valence electrons. The summed E-state index contributed by atoms with van der Waals surface area (Å²) in [7, 11) is -2.05. The van der Waals surface area contributed by atoms with E-state index in [1.165, 1.54) is 12.1 Å². The van der Waals surface area contributed by atoms with Gasteiger partial charge >= 0.3 is 0 Å². The molecule has 0 aliphatic rings. The smallest absolute Gasteiger partial charge is 0.238 e. The SMILES string of the molecule is COc1ccc2c(c1)c1cccnc1n2Cc1ccc(S(N)(=O)=O)cc1. The van der Waals surface area contributed by atoms with Gasteiger partial charge in [0.2, 0.25) is 10.0 Å². The highest BCUT2D eigenvalue weighted by Gasteiger charge is 2.13. The number of methoxy groups -OCH3 is 1. The van der Waals surface area contributed by atoms with E-state index in [2.05, 4.69) is 9.55 Å². The lowest BCUT2D eigenvalue weighted by Gasteiger charge is -2.08. The Balaban J connectivity index is 1.85. The Kier molecular flexibility index (Phi) is 3.90. The summed E-state index contributed by atoms with van der Waals surface area (Å²) in [5.41, 5.74) is 2.86. The zero-order valence-corrected chi connectivity index (χ0v) is 14.9. The van der Waals surface area contributed by atoms with Gasteiger partial charge in [-0.2, -0.15) is 0 Å². The number of pyridine rings is 1. The van der Waals surface area contributed by atoms with Crippen molar-refractivity contribution in [3.05, 3.63) is 66.4 Å². The first-order valence-electron chi connectivity index (χ1n) is 8.00. The number of ether oxygens (including phenoxy) is 1. The molecular weight excluding hydrogens is 350 g/mol. The van der Waals surface area contributed by atoms with Crippen LogP contribution in [0.4, 0.5) is 0 Å². The van der Waals surface area contributed by atoms with E-state index in [0.717, 1.165) is 33.2 Å². The first-order valence-corrected chi connectivity index (χ1v) is 9.55. The van der Waals surface area contributed by atoms with Crippen molar-refractivity contribution >= 4 is 32.0 Å². The Morgan fingerprint density at radius 3 is 2.54 bits per heavy atom. The van der Waals surface area contributed by atoms with Crippen molar-refractivity contribution in [1.29, 1.82) is 0 Å². The Morgan fingerprint density at radius 1 is 1.08 bits per heavy atom. The van der Waals surface area contributed by atoms with Gasteiger partial charge in [0, 0.05) is 23.5 Å². The molecule has 2 heterocycles. The standard InChI is InChI=1S/C19H17N3O3S/c1-25-14-6-9-18-17(11-14)16-3-2-10-21-19(16)22(18)12-13-4-7-15(8-5-13)26(20,23)24/h2-11H,12H2,1H3,(H2,20,23,24). The summed E-state index contributed by atoms with van der Waals surface area (Å²) >= 11 is 0. The summed E-state index contributed by atoms with van der Waals surface area (Å²) in [6, 6.07) is 16.4. The van der Waals surface area contributed by atoms with Gasteiger partial charge in [0.15, 0.2) is 0 Å². The Morgan fingerprint density at radius 2 is 1.85 bits per heavy atom. The van der Waals surface area contributed by atoms with Gasteiger partial charge in [-0.05, 0) is 48.0 Å². The van der Waals surface area contributed by atoms with E-state index in [0.29, 0.717) is 6.54 Å². The fourth-order valence-electron chi connectivity index (χ4n) is 3.16. The molecule has 7 heteroatoms. The second kappa shape index (κ2) is 6.12. The lowest BCUT2D eigenvalue weighted by Crippen LogP contribution is -2.12. The van der Waals surface area contributed by atoms with Crippen molar-refractivity contribution in [3.8, 4) is 5.75 Å². The largest absolute Gasteiger partial charge is 0.497 e. The monoisotopic (exact) mass is 367 g/mol. The first kappa shape index (κ1) is 16.6. The maximum absolute atomic E-state index is 11.4. The molecule has 0 atom stereocenters. The number of rotatable bonds is 4. The van der Waals surface area contributed by atoms with E-state index in [-0.39, 0.29) is 4.90 Å². The molecule has 0 saturated carbocycles. The highest BCUT2D eigenvalue weighted by Crippen LogP contribution is 2.31. The predicted molar refractivity (Wildman–Crippen MR) is 101 cm³/mol. The number of nitrogens with zero attached hydrogens (tertiary/aromatic N) is 2. The van der Waals surface area contributed by atoms with Crippen LogP contribution in [0.3, 0.4) is 0 Å². The van der Waals surface area contributed by atoms with Crippen molar-refractivity contribution in [2.75, 3.05) is 7.11 Å².